The number of aryl methyl sites for hydroxylation is 2. The van der Waals surface area contributed by atoms with Gasteiger partial charge in [-0.25, -0.2) is 0 Å². The van der Waals surface area contributed by atoms with Gasteiger partial charge in [0.15, 0.2) is 5.69 Å². The van der Waals surface area contributed by atoms with Crippen LogP contribution >= 0.6 is 11.5 Å². The van der Waals surface area contributed by atoms with Crippen LogP contribution in [0.2, 0.25) is 0 Å². The van der Waals surface area contributed by atoms with Gasteiger partial charge in [0, 0.05) is 23.8 Å². The van der Waals surface area contributed by atoms with Crippen molar-refractivity contribution in [1.29, 1.82) is 0 Å². The first kappa shape index (κ1) is 27.7. The van der Waals surface area contributed by atoms with Crippen LogP contribution in [0.1, 0.15) is 63.2 Å². The van der Waals surface area contributed by atoms with E-state index in [4.69, 9.17) is 11.5 Å². The molecular weight excluding hydrogens is 512 g/mol. The number of hydrogen-bond donors (Lipinski definition) is 3. The van der Waals surface area contributed by atoms with Gasteiger partial charge in [0.1, 0.15) is 10.9 Å². The Hall–Kier alpha value is -4.31. The fourth-order valence-electron chi connectivity index (χ4n) is 4.35. The maximum Gasteiger partial charge on any atom is 0.273 e. The highest BCUT2D eigenvalue weighted by Gasteiger charge is 2.36. The average Bonchev–Trinajstić information content (AvgIpc) is 3.29. The van der Waals surface area contributed by atoms with Crippen LogP contribution in [0, 0.1) is 19.8 Å². The van der Waals surface area contributed by atoms with Gasteiger partial charge in [-0.2, -0.15) is 4.37 Å². The maximum absolute atomic E-state index is 14.3. The first-order valence-corrected chi connectivity index (χ1v) is 13.4. The van der Waals surface area contributed by atoms with E-state index >= 15 is 0 Å². The monoisotopic (exact) mass is 544 g/mol. The van der Waals surface area contributed by atoms with Gasteiger partial charge < -0.3 is 16.8 Å². The van der Waals surface area contributed by atoms with Crippen molar-refractivity contribution in [2.75, 3.05) is 17.2 Å². The number of hydrogen-bond acceptors (Lipinski definition) is 7. The second kappa shape index (κ2) is 11.6. The summed E-state index contributed by atoms with van der Waals surface area (Å²) in [6, 6.07) is 13.9. The Morgan fingerprint density at radius 1 is 1.08 bits per heavy atom. The number of nitrogens with one attached hydrogen (secondary N) is 1. The van der Waals surface area contributed by atoms with Crippen molar-refractivity contribution in [2.45, 2.75) is 40.2 Å². The molecular formula is C29H32N6O3S. The summed E-state index contributed by atoms with van der Waals surface area (Å²) in [6.45, 7) is 8.39. The molecule has 4 rings (SSSR count). The van der Waals surface area contributed by atoms with Gasteiger partial charge in [-0.15, -0.1) is 0 Å². The number of carbonyl (C=O) groups excluding carboxylic acids is 3. The third-order valence-electron chi connectivity index (χ3n) is 6.47. The molecule has 0 aliphatic heterocycles. The summed E-state index contributed by atoms with van der Waals surface area (Å²) >= 11 is 0.786. The summed E-state index contributed by atoms with van der Waals surface area (Å²) in [5.41, 5.74) is 14.9. The van der Waals surface area contributed by atoms with Crippen molar-refractivity contribution >= 4 is 51.5 Å². The molecule has 2 heterocycles. The third kappa shape index (κ3) is 5.91. The van der Waals surface area contributed by atoms with E-state index in [0.717, 1.165) is 40.0 Å². The standard InChI is InChI=1S/C29H32N6O3S/c1-16(2)11-13-33-28(37)25(20-9-10-21-19(15-20)6-5-12-32-21)35(22-14-17(3)7-8-18(22)4)29(38)26-23(30)24(27(31)36)34-39-26/h5-10,12,14-16,25H,11,13,30H2,1-4H3,(H2,31,36)(H,33,37)/t25-/m0/s1. The molecule has 2 aromatic heterocycles. The molecule has 0 aliphatic carbocycles. The van der Waals surface area contributed by atoms with Gasteiger partial charge >= 0.3 is 0 Å². The molecule has 0 fully saturated rings. The molecule has 0 unspecified atom stereocenters. The molecule has 3 amide bonds. The summed E-state index contributed by atoms with van der Waals surface area (Å²) in [4.78, 5) is 46.0. The van der Waals surface area contributed by atoms with Crippen LogP contribution in [0.4, 0.5) is 11.4 Å². The lowest BCUT2D eigenvalue weighted by Gasteiger charge is -2.32. The van der Waals surface area contributed by atoms with E-state index in [1.165, 1.54) is 4.90 Å². The molecule has 0 aliphatic rings. The molecule has 0 saturated heterocycles. The Kier molecular flexibility index (Phi) is 8.25. The largest absolute Gasteiger partial charge is 0.395 e. The van der Waals surface area contributed by atoms with Crippen molar-refractivity contribution in [2.24, 2.45) is 11.7 Å². The molecule has 2 aromatic carbocycles. The molecule has 202 valence electrons. The van der Waals surface area contributed by atoms with Gasteiger partial charge in [0.05, 0.1) is 11.2 Å². The van der Waals surface area contributed by atoms with Crippen LogP contribution in [0.25, 0.3) is 10.9 Å². The number of aromatic nitrogens is 2. The summed E-state index contributed by atoms with van der Waals surface area (Å²) in [7, 11) is 0. The van der Waals surface area contributed by atoms with Crippen molar-refractivity contribution in [3.8, 4) is 0 Å². The molecule has 39 heavy (non-hydrogen) atoms. The SMILES string of the molecule is Cc1ccc(C)c(N(C(=O)c2snc(C(N)=O)c2N)[C@H](C(=O)NCCC(C)C)c2ccc3ncccc3c2)c1. The number of benzene rings is 2. The predicted octanol–water partition coefficient (Wildman–Crippen LogP) is 4.54. The Bertz CT molecular complexity index is 1550. The van der Waals surface area contributed by atoms with E-state index in [1.54, 1.807) is 12.3 Å². The van der Waals surface area contributed by atoms with Crippen LogP contribution < -0.4 is 21.7 Å². The van der Waals surface area contributed by atoms with E-state index < -0.39 is 17.9 Å². The Morgan fingerprint density at radius 2 is 1.85 bits per heavy atom. The predicted molar refractivity (Wildman–Crippen MR) is 155 cm³/mol. The molecule has 10 heteroatoms. The van der Waals surface area contributed by atoms with E-state index in [2.05, 4.69) is 28.5 Å². The number of pyridine rings is 1. The van der Waals surface area contributed by atoms with E-state index in [-0.39, 0.29) is 22.2 Å². The lowest BCUT2D eigenvalue weighted by Crippen LogP contribution is -2.44. The lowest BCUT2D eigenvalue weighted by atomic mass is 9.98. The molecule has 9 nitrogen and oxygen atoms in total. The van der Waals surface area contributed by atoms with Crippen molar-refractivity contribution in [3.05, 3.63) is 82.0 Å². The summed E-state index contributed by atoms with van der Waals surface area (Å²) in [6.07, 6.45) is 2.48. The number of fused-ring (bicyclic) bond motifs is 1. The fourth-order valence-corrected chi connectivity index (χ4v) is 5.09. The Labute approximate surface area is 231 Å². The van der Waals surface area contributed by atoms with Crippen LogP contribution in [0.3, 0.4) is 0 Å². The summed E-state index contributed by atoms with van der Waals surface area (Å²) < 4.78 is 4.03. The molecule has 0 spiro atoms. The molecule has 0 saturated carbocycles. The van der Waals surface area contributed by atoms with E-state index in [1.807, 2.05) is 56.3 Å². The number of amides is 3. The molecule has 1 atom stereocenters. The quantitative estimate of drug-likeness (QED) is 0.282. The number of carbonyl (C=O) groups is 3. The summed E-state index contributed by atoms with van der Waals surface area (Å²) in [5.74, 6) is -1.34. The minimum atomic E-state index is -1.05. The number of primary amides is 1. The van der Waals surface area contributed by atoms with Crippen LogP contribution in [-0.4, -0.2) is 33.6 Å². The highest BCUT2D eigenvalue weighted by Crippen LogP contribution is 2.36. The molecule has 4 aromatic rings. The maximum atomic E-state index is 14.3. The van der Waals surface area contributed by atoms with Crippen molar-refractivity contribution < 1.29 is 14.4 Å². The fraction of sp³-hybridized carbons (Fsp3) is 0.276. The van der Waals surface area contributed by atoms with Crippen LogP contribution in [-0.2, 0) is 4.79 Å². The zero-order chi connectivity index (χ0) is 28.3. The van der Waals surface area contributed by atoms with Crippen LogP contribution in [0.15, 0.2) is 54.7 Å². The van der Waals surface area contributed by atoms with Gasteiger partial charge in [-0.05, 0) is 78.7 Å². The van der Waals surface area contributed by atoms with Gasteiger partial charge in [0.25, 0.3) is 11.8 Å². The number of nitrogens with zero attached hydrogens (tertiary/aromatic N) is 3. The smallest absolute Gasteiger partial charge is 0.273 e. The molecule has 0 bridgehead atoms. The summed E-state index contributed by atoms with van der Waals surface area (Å²) in [5, 5.41) is 3.85. The highest BCUT2D eigenvalue weighted by atomic mass is 32.1. The van der Waals surface area contributed by atoms with Crippen molar-refractivity contribution in [3.63, 3.8) is 0 Å². The van der Waals surface area contributed by atoms with E-state index in [9.17, 15) is 14.4 Å². The minimum absolute atomic E-state index is 0.0344. The first-order valence-electron chi connectivity index (χ1n) is 12.7. The van der Waals surface area contributed by atoms with Crippen molar-refractivity contribution in [1.82, 2.24) is 14.7 Å². The molecule has 5 N–H and O–H groups in total. The Morgan fingerprint density at radius 3 is 2.54 bits per heavy atom. The normalized spacial score (nSPS) is 11.9. The Balaban J connectivity index is 1.93. The van der Waals surface area contributed by atoms with Crippen LogP contribution in [0.5, 0.6) is 0 Å². The number of anilines is 2. The average molecular weight is 545 g/mol. The number of nitrogens with two attached hydrogens (primary N) is 2. The second-order valence-corrected chi connectivity index (χ2v) is 10.7. The highest BCUT2D eigenvalue weighted by molar-refractivity contribution is 7.09. The van der Waals surface area contributed by atoms with Gasteiger partial charge in [-0.3, -0.25) is 24.3 Å². The first-order chi connectivity index (χ1) is 18.6. The minimum Gasteiger partial charge on any atom is -0.395 e. The van der Waals surface area contributed by atoms with E-state index in [0.29, 0.717) is 23.7 Å². The zero-order valence-electron chi connectivity index (χ0n) is 22.4. The topological polar surface area (TPSA) is 144 Å². The number of rotatable bonds is 9. The van der Waals surface area contributed by atoms with Gasteiger partial charge in [-0.1, -0.05) is 38.1 Å². The van der Waals surface area contributed by atoms with Gasteiger partial charge in [0.2, 0.25) is 5.91 Å². The second-order valence-electron chi connectivity index (χ2n) is 9.93. The third-order valence-corrected chi connectivity index (χ3v) is 7.32. The zero-order valence-corrected chi connectivity index (χ0v) is 23.2. The lowest BCUT2D eigenvalue weighted by molar-refractivity contribution is -0.122. The number of nitrogen functional groups attached to an aromatic ring is 1. The molecule has 0 radical (unpaired) electrons.